The molecule has 1 N–H and O–H groups in total. The highest BCUT2D eigenvalue weighted by molar-refractivity contribution is 5.83. The zero-order chi connectivity index (χ0) is 26.7. The Kier molecular flexibility index (Phi) is 7.34. The largest absolute Gasteiger partial charge is 0.490 e. The summed E-state index contributed by atoms with van der Waals surface area (Å²) in [7, 11) is 1.34. The van der Waals surface area contributed by atoms with E-state index in [-0.39, 0.29) is 42.2 Å². The third kappa shape index (κ3) is 6.55. The molecule has 3 aromatic rings. The molecule has 4 rings (SSSR count). The topological polar surface area (TPSA) is 144 Å². The molecule has 0 bridgehead atoms. The molecule has 13 heteroatoms. The van der Waals surface area contributed by atoms with E-state index in [0.717, 1.165) is 18.9 Å². The van der Waals surface area contributed by atoms with E-state index < -0.39 is 22.4 Å². The van der Waals surface area contributed by atoms with Crippen molar-refractivity contribution >= 4 is 17.6 Å². The number of ether oxygens (including phenoxy) is 3. The molecule has 1 aromatic carbocycles. The van der Waals surface area contributed by atoms with Gasteiger partial charge in [0.1, 0.15) is 29.3 Å². The lowest BCUT2D eigenvalue weighted by Crippen LogP contribution is -2.27. The van der Waals surface area contributed by atoms with Crippen LogP contribution >= 0.6 is 0 Å². The van der Waals surface area contributed by atoms with Gasteiger partial charge in [0.05, 0.1) is 36.9 Å². The lowest BCUT2D eigenvalue weighted by molar-refractivity contribution is -0.385. The van der Waals surface area contributed by atoms with Gasteiger partial charge in [-0.1, -0.05) is 0 Å². The van der Waals surface area contributed by atoms with Crippen molar-refractivity contribution in [2.24, 2.45) is 0 Å². The van der Waals surface area contributed by atoms with E-state index in [0.29, 0.717) is 17.0 Å². The van der Waals surface area contributed by atoms with Gasteiger partial charge in [-0.2, -0.15) is 5.10 Å². The molecule has 1 aliphatic rings. The Labute approximate surface area is 211 Å². The number of halogens is 1. The zero-order valence-corrected chi connectivity index (χ0v) is 20.9. The molecule has 2 heterocycles. The molecule has 0 unspecified atom stereocenters. The first-order chi connectivity index (χ1) is 17.5. The van der Waals surface area contributed by atoms with Gasteiger partial charge in [0, 0.05) is 6.07 Å². The van der Waals surface area contributed by atoms with Crippen LogP contribution < -0.4 is 10.1 Å². The third-order valence-corrected chi connectivity index (χ3v) is 5.26. The second kappa shape index (κ2) is 10.5. The van der Waals surface area contributed by atoms with Crippen molar-refractivity contribution in [3.05, 3.63) is 57.8 Å². The number of pyridine rings is 1. The fourth-order valence-electron chi connectivity index (χ4n) is 3.51. The highest BCUT2D eigenvalue weighted by Gasteiger charge is 2.28. The molecule has 1 amide bonds. The average Bonchev–Trinajstić information content (AvgIpc) is 3.55. The van der Waals surface area contributed by atoms with Gasteiger partial charge < -0.3 is 14.2 Å². The van der Waals surface area contributed by atoms with Crippen molar-refractivity contribution in [1.29, 1.82) is 0 Å². The van der Waals surface area contributed by atoms with Crippen LogP contribution in [0.2, 0.25) is 0 Å². The maximum atomic E-state index is 14.3. The summed E-state index contributed by atoms with van der Waals surface area (Å²) < 4.78 is 32.2. The number of methoxy groups -OCH3 is 1. The first-order valence-corrected chi connectivity index (χ1v) is 11.5. The quantitative estimate of drug-likeness (QED) is 0.315. The fourth-order valence-corrected chi connectivity index (χ4v) is 3.51. The summed E-state index contributed by atoms with van der Waals surface area (Å²) in [6.07, 6.45) is 2.88. The van der Waals surface area contributed by atoms with Crippen LogP contribution in [0.25, 0.3) is 11.4 Å². The minimum atomic E-state index is -0.728. The standard InChI is InChI=1S/C24H27FN6O6/c1-24(2,3)37-23(32)28-20-8-7-17(25)18(27-20)12-36-11-14-9-16(21(35-4)19(10-14)31(33)34)22-26-13-30(29-22)15-5-6-15/h7-10,13,15H,5-6,11-12H2,1-4H3,(H,27,28,32). The van der Waals surface area contributed by atoms with Crippen LogP contribution in [-0.4, -0.2) is 43.5 Å². The van der Waals surface area contributed by atoms with Gasteiger partial charge in [-0.05, 0) is 57.4 Å². The monoisotopic (exact) mass is 514 g/mol. The Morgan fingerprint density at radius 3 is 2.68 bits per heavy atom. The number of hydrogen-bond donors (Lipinski definition) is 1. The van der Waals surface area contributed by atoms with E-state index in [1.807, 2.05) is 0 Å². The van der Waals surface area contributed by atoms with Crippen LogP contribution in [-0.2, 0) is 22.7 Å². The molecule has 2 aromatic heterocycles. The van der Waals surface area contributed by atoms with Gasteiger partial charge in [0.15, 0.2) is 5.82 Å². The summed E-state index contributed by atoms with van der Waals surface area (Å²) >= 11 is 0. The number of anilines is 1. The Hall–Kier alpha value is -4.13. The van der Waals surface area contributed by atoms with Crippen molar-refractivity contribution in [3.8, 4) is 17.1 Å². The lowest BCUT2D eigenvalue weighted by Gasteiger charge is -2.19. The summed E-state index contributed by atoms with van der Waals surface area (Å²) in [6, 6.07) is 5.70. The van der Waals surface area contributed by atoms with Gasteiger partial charge in [0.2, 0.25) is 5.75 Å². The van der Waals surface area contributed by atoms with Crippen LogP contribution in [0, 0.1) is 15.9 Å². The van der Waals surface area contributed by atoms with Gasteiger partial charge in [-0.3, -0.25) is 15.4 Å². The SMILES string of the molecule is COc1c(-c2ncn(C3CC3)n2)cc(COCc2nc(NC(=O)OC(C)(C)C)ccc2F)cc1[N+](=O)[O-]. The average molecular weight is 515 g/mol. The van der Waals surface area contributed by atoms with Gasteiger partial charge in [0.25, 0.3) is 0 Å². The number of hydrogen-bond acceptors (Lipinski definition) is 9. The summed E-state index contributed by atoms with van der Waals surface area (Å²) in [6.45, 7) is 4.81. The molecule has 196 valence electrons. The summed E-state index contributed by atoms with van der Waals surface area (Å²) in [5.74, 6) is -0.210. The molecule has 0 radical (unpaired) electrons. The molecular formula is C24H27FN6O6. The van der Waals surface area contributed by atoms with Crippen LogP contribution in [0.4, 0.5) is 20.7 Å². The van der Waals surface area contributed by atoms with Crippen LogP contribution in [0.5, 0.6) is 5.75 Å². The van der Waals surface area contributed by atoms with Crippen molar-refractivity contribution in [2.45, 2.75) is 58.5 Å². The van der Waals surface area contributed by atoms with E-state index in [2.05, 4.69) is 20.4 Å². The first kappa shape index (κ1) is 25.9. The Morgan fingerprint density at radius 1 is 1.27 bits per heavy atom. The number of rotatable bonds is 9. The second-order valence-corrected chi connectivity index (χ2v) is 9.48. The fraction of sp³-hybridized carbons (Fsp3) is 0.417. The molecule has 0 spiro atoms. The molecule has 1 saturated carbocycles. The zero-order valence-electron chi connectivity index (χ0n) is 20.9. The van der Waals surface area contributed by atoms with Crippen LogP contribution in [0.3, 0.4) is 0 Å². The Morgan fingerprint density at radius 2 is 2.03 bits per heavy atom. The minimum Gasteiger partial charge on any atom is -0.490 e. The predicted molar refractivity (Wildman–Crippen MR) is 129 cm³/mol. The van der Waals surface area contributed by atoms with Gasteiger partial charge in [-0.15, -0.1) is 0 Å². The Bertz CT molecular complexity index is 1320. The molecule has 0 saturated heterocycles. The summed E-state index contributed by atoms with van der Waals surface area (Å²) in [5, 5.41) is 18.6. The van der Waals surface area contributed by atoms with Crippen molar-refractivity contribution in [2.75, 3.05) is 12.4 Å². The number of nitrogens with zero attached hydrogens (tertiary/aromatic N) is 5. The number of aromatic nitrogens is 4. The molecular weight excluding hydrogens is 487 g/mol. The highest BCUT2D eigenvalue weighted by Crippen LogP contribution is 2.39. The maximum Gasteiger partial charge on any atom is 0.413 e. The minimum absolute atomic E-state index is 0.0379. The molecule has 0 aliphatic heterocycles. The van der Waals surface area contributed by atoms with Crippen LogP contribution in [0.1, 0.15) is 50.9 Å². The lowest BCUT2D eigenvalue weighted by atomic mass is 10.1. The van der Waals surface area contributed by atoms with E-state index >= 15 is 0 Å². The van der Waals surface area contributed by atoms with E-state index in [9.17, 15) is 19.3 Å². The number of carbonyl (C=O) groups excluding carboxylic acids is 1. The summed E-state index contributed by atoms with van der Waals surface area (Å²) in [4.78, 5) is 31.5. The molecule has 1 fully saturated rings. The number of carbonyl (C=O) groups is 1. The van der Waals surface area contributed by atoms with E-state index in [1.165, 1.54) is 19.2 Å². The number of nitrogens with one attached hydrogen (secondary N) is 1. The molecule has 1 aliphatic carbocycles. The smallest absolute Gasteiger partial charge is 0.413 e. The maximum absolute atomic E-state index is 14.3. The normalized spacial score (nSPS) is 13.3. The van der Waals surface area contributed by atoms with Crippen LogP contribution in [0.15, 0.2) is 30.6 Å². The highest BCUT2D eigenvalue weighted by atomic mass is 19.1. The van der Waals surface area contributed by atoms with E-state index in [4.69, 9.17) is 14.2 Å². The second-order valence-electron chi connectivity index (χ2n) is 9.48. The van der Waals surface area contributed by atoms with Crippen molar-refractivity contribution < 1.29 is 28.3 Å². The number of nitro groups is 1. The van der Waals surface area contributed by atoms with E-state index in [1.54, 1.807) is 37.8 Å². The molecule has 12 nitrogen and oxygen atoms in total. The summed E-state index contributed by atoms with van der Waals surface area (Å²) in [5.41, 5.74) is -0.242. The predicted octanol–water partition coefficient (Wildman–Crippen LogP) is 4.79. The molecule has 0 atom stereocenters. The number of nitro benzene ring substituents is 1. The number of benzene rings is 1. The number of amides is 1. The third-order valence-electron chi connectivity index (χ3n) is 5.26. The van der Waals surface area contributed by atoms with Crippen molar-refractivity contribution in [1.82, 2.24) is 19.7 Å². The Balaban J connectivity index is 1.50. The first-order valence-electron chi connectivity index (χ1n) is 11.5. The van der Waals surface area contributed by atoms with Gasteiger partial charge >= 0.3 is 11.8 Å². The van der Waals surface area contributed by atoms with Crippen molar-refractivity contribution in [3.63, 3.8) is 0 Å². The molecule has 37 heavy (non-hydrogen) atoms. The van der Waals surface area contributed by atoms with Gasteiger partial charge in [-0.25, -0.2) is 23.8 Å².